The van der Waals surface area contributed by atoms with Crippen LogP contribution in [0.15, 0.2) is 50.4 Å². The van der Waals surface area contributed by atoms with Gasteiger partial charge in [0.2, 0.25) is 0 Å². The number of methoxy groups -OCH3 is 1. The van der Waals surface area contributed by atoms with Gasteiger partial charge < -0.3 is 9.47 Å². The average Bonchev–Trinajstić information content (AvgIpc) is 2.61. The highest BCUT2D eigenvalue weighted by Gasteiger charge is 2.09. The lowest BCUT2D eigenvalue weighted by molar-refractivity contribution is 0.0955. The van der Waals surface area contributed by atoms with Crippen molar-refractivity contribution in [3.63, 3.8) is 0 Å². The standard InChI is InChI=1S/C18H18Br2N2O3/c1-3-8-25-17-10-15(20)13(9-16(17)24-2)11-21-22-18(23)12-4-6-14(19)7-5-12/h4-7,9-11H,3,8H2,1-2H3,(H,22,23). The normalized spacial score (nSPS) is 10.7. The van der Waals surface area contributed by atoms with Gasteiger partial charge in [0.1, 0.15) is 0 Å². The number of hydrogen-bond donors (Lipinski definition) is 1. The van der Waals surface area contributed by atoms with Crippen LogP contribution in [0.4, 0.5) is 0 Å². The number of hydrogen-bond acceptors (Lipinski definition) is 4. The van der Waals surface area contributed by atoms with Crippen molar-refractivity contribution in [2.24, 2.45) is 5.10 Å². The zero-order chi connectivity index (χ0) is 18.2. The van der Waals surface area contributed by atoms with Gasteiger partial charge in [-0.15, -0.1) is 0 Å². The number of nitrogens with one attached hydrogen (secondary N) is 1. The molecular weight excluding hydrogens is 452 g/mol. The minimum absolute atomic E-state index is 0.283. The zero-order valence-electron chi connectivity index (χ0n) is 13.9. The van der Waals surface area contributed by atoms with Crippen LogP contribution in [0.25, 0.3) is 0 Å². The molecule has 0 saturated carbocycles. The summed E-state index contributed by atoms with van der Waals surface area (Å²) in [5.41, 5.74) is 3.79. The van der Waals surface area contributed by atoms with Gasteiger partial charge in [-0.05, 0) is 58.7 Å². The zero-order valence-corrected chi connectivity index (χ0v) is 17.1. The summed E-state index contributed by atoms with van der Waals surface area (Å²) in [6, 6.07) is 10.7. The van der Waals surface area contributed by atoms with Crippen molar-refractivity contribution in [2.45, 2.75) is 13.3 Å². The largest absolute Gasteiger partial charge is 0.493 e. The Morgan fingerprint density at radius 3 is 2.56 bits per heavy atom. The molecule has 0 aliphatic carbocycles. The Morgan fingerprint density at radius 1 is 1.20 bits per heavy atom. The summed E-state index contributed by atoms with van der Waals surface area (Å²) < 4.78 is 12.7. The molecular formula is C18H18Br2N2O3. The molecule has 0 spiro atoms. The van der Waals surface area contributed by atoms with Crippen LogP contribution in [0.1, 0.15) is 29.3 Å². The van der Waals surface area contributed by atoms with Gasteiger partial charge in [-0.3, -0.25) is 4.79 Å². The summed E-state index contributed by atoms with van der Waals surface area (Å²) in [5, 5.41) is 4.01. The number of carbonyl (C=O) groups excluding carboxylic acids is 1. The predicted molar refractivity (Wildman–Crippen MR) is 106 cm³/mol. The van der Waals surface area contributed by atoms with Gasteiger partial charge in [0, 0.05) is 20.1 Å². The van der Waals surface area contributed by atoms with Crippen LogP contribution in [0.3, 0.4) is 0 Å². The molecule has 0 aliphatic heterocycles. The average molecular weight is 470 g/mol. The Bertz CT molecular complexity index is 762. The predicted octanol–water partition coefficient (Wildman–Crippen LogP) is 4.77. The van der Waals surface area contributed by atoms with Gasteiger partial charge in [0.15, 0.2) is 11.5 Å². The van der Waals surface area contributed by atoms with Crippen LogP contribution in [0.2, 0.25) is 0 Å². The highest BCUT2D eigenvalue weighted by Crippen LogP contribution is 2.33. The Kier molecular flexibility index (Phi) is 7.46. The van der Waals surface area contributed by atoms with Gasteiger partial charge in [-0.1, -0.05) is 22.9 Å². The summed E-state index contributed by atoms with van der Waals surface area (Å²) in [4.78, 5) is 12.0. The molecule has 0 unspecified atom stereocenters. The van der Waals surface area contributed by atoms with Gasteiger partial charge >= 0.3 is 0 Å². The first-order chi connectivity index (χ1) is 12.0. The fraction of sp³-hybridized carbons (Fsp3) is 0.222. The summed E-state index contributed by atoms with van der Waals surface area (Å²) in [5.74, 6) is 0.986. The second kappa shape index (κ2) is 9.58. The van der Waals surface area contributed by atoms with E-state index in [0.29, 0.717) is 23.7 Å². The lowest BCUT2D eigenvalue weighted by Crippen LogP contribution is -2.17. The van der Waals surface area contributed by atoms with E-state index in [1.807, 2.05) is 13.0 Å². The molecule has 0 saturated heterocycles. The molecule has 0 fully saturated rings. The number of amides is 1. The molecule has 2 aromatic rings. The number of rotatable bonds is 7. The fourth-order valence-electron chi connectivity index (χ4n) is 1.96. The maximum absolute atomic E-state index is 12.0. The van der Waals surface area contributed by atoms with Crippen molar-refractivity contribution in [2.75, 3.05) is 13.7 Å². The first kappa shape index (κ1) is 19.5. The number of benzene rings is 2. The molecule has 2 aromatic carbocycles. The summed E-state index contributed by atoms with van der Waals surface area (Å²) >= 11 is 6.81. The topological polar surface area (TPSA) is 59.9 Å². The highest BCUT2D eigenvalue weighted by molar-refractivity contribution is 9.10. The number of carbonyl (C=O) groups is 1. The summed E-state index contributed by atoms with van der Waals surface area (Å²) in [7, 11) is 1.58. The number of hydrazone groups is 1. The van der Waals surface area contributed by atoms with Gasteiger partial charge in [0.25, 0.3) is 5.91 Å². The monoisotopic (exact) mass is 468 g/mol. The second-order valence-corrected chi connectivity index (χ2v) is 6.85. The van der Waals surface area contributed by atoms with Crippen molar-refractivity contribution in [3.8, 4) is 11.5 Å². The van der Waals surface area contributed by atoms with E-state index in [0.717, 1.165) is 20.9 Å². The van der Waals surface area contributed by atoms with E-state index < -0.39 is 0 Å². The third-order valence-electron chi connectivity index (χ3n) is 3.22. The van der Waals surface area contributed by atoms with E-state index in [9.17, 15) is 4.79 Å². The Labute approximate surface area is 163 Å². The lowest BCUT2D eigenvalue weighted by atomic mass is 10.2. The molecule has 1 amide bonds. The fourth-order valence-corrected chi connectivity index (χ4v) is 2.65. The molecule has 2 rings (SSSR count). The molecule has 0 heterocycles. The maximum atomic E-state index is 12.0. The van der Waals surface area contributed by atoms with Crippen molar-refractivity contribution in [1.82, 2.24) is 5.43 Å². The molecule has 5 nitrogen and oxygen atoms in total. The van der Waals surface area contributed by atoms with Crippen LogP contribution < -0.4 is 14.9 Å². The van der Waals surface area contributed by atoms with Crippen LogP contribution in [-0.2, 0) is 0 Å². The third kappa shape index (κ3) is 5.57. The van der Waals surface area contributed by atoms with Crippen molar-refractivity contribution >= 4 is 44.0 Å². The molecule has 7 heteroatoms. The molecule has 132 valence electrons. The van der Waals surface area contributed by atoms with Crippen LogP contribution in [-0.4, -0.2) is 25.8 Å². The number of nitrogens with zero attached hydrogens (tertiary/aromatic N) is 1. The highest BCUT2D eigenvalue weighted by atomic mass is 79.9. The Morgan fingerprint density at radius 2 is 1.92 bits per heavy atom. The number of halogens is 2. The Hall–Kier alpha value is -1.86. The third-order valence-corrected chi connectivity index (χ3v) is 4.44. The van der Waals surface area contributed by atoms with Gasteiger partial charge in [-0.2, -0.15) is 5.10 Å². The SMILES string of the molecule is CCCOc1cc(Br)c(C=NNC(=O)c2ccc(Br)cc2)cc1OC. The first-order valence-corrected chi connectivity index (χ1v) is 9.23. The molecule has 0 atom stereocenters. The molecule has 0 aliphatic rings. The van der Waals surface area contributed by atoms with Crippen LogP contribution in [0.5, 0.6) is 11.5 Å². The lowest BCUT2D eigenvalue weighted by Gasteiger charge is -2.12. The first-order valence-electron chi connectivity index (χ1n) is 7.64. The van der Waals surface area contributed by atoms with E-state index in [-0.39, 0.29) is 5.91 Å². The molecule has 0 aromatic heterocycles. The van der Waals surface area contributed by atoms with Crippen molar-refractivity contribution in [1.29, 1.82) is 0 Å². The second-order valence-electron chi connectivity index (χ2n) is 5.08. The maximum Gasteiger partial charge on any atom is 0.271 e. The minimum Gasteiger partial charge on any atom is -0.493 e. The van der Waals surface area contributed by atoms with Gasteiger partial charge in [0.05, 0.1) is 19.9 Å². The molecule has 0 radical (unpaired) electrons. The van der Waals surface area contributed by atoms with E-state index in [4.69, 9.17) is 9.47 Å². The van der Waals surface area contributed by atoms with Gasteiger partial charge in [-0.25, -0.2) is 5.43 Å². The molecule has 1 N–H and O–H groups in total. The summed E-state index contributed by atoms with van der Waals surface area (Å²) in [6.07, 6.45) is 2.46. The summed E-state index contributed by atoms with van der Waals surface area (Å²) in [6.45, 7) is 2.65. The minimum atomic E-state index is -0.283. The van der Waals surface area contributed by atoms with Crippen molar-refractivity contribution in [3.05, 3.63) is 56.5 Å². The van der Waals surface area contributed by atoms with Crippen molar-refractivity contribution < 1.29 is 14.3 Å². The van der Waals surface area contributed by atoms with E-state index in [2.05, 4.69) is 42.4 Å². The van der Waals surface area contributed by atoms with E-state index in [1.54, 1.807) is 43.7 Å². The molecule has 0 bridgehead atoms. The Balaban J connectivity index is 2.09. The smallest absolute Gasteiger partial charge is 0.271 e. The molecule has 25 heavy (non-hydrogen) atoms. The van der Waals surface area contributed by atoms with Crippen LogP contribution in [0, 0.1) is 0 Å². The van der Waals surface area contributed by atoms with E-state index >= 15 is 0 Å². The quantitative estimate of drug-likeness (QED) is 0.469. The van der Waals surface area contributed by atoms with E-state index in [1.165, 1.54) is 0 Å². The number of ether oxygens (including phenoxy) is 2. The van der Waals surface area contributed by atoms with Crippen LogP contribution >= 0.6 is 31.9 Å².